The Morgan fingerprint density at radius 2 is 2.16 bits per heavy atom. The summed E-state index contributed by atoms with van der Waals surface area (Å²) in [5.41, 5.74) is 1.62. The lowest BCUT2D eigenvalue weighted by molar-refractivity contribution is -0.384. The van der Waals surface area contributed by atoms with Crippen molar-refractivity contribution < 1.29 is 4.92 Å². The number of rotatable bonds is 4. The van der Waals surface area contributed by atoms with Crippen molar-refractivity contribution in [2.75, 3.05) is 5.32 Å². The van der Waals surface area contributed by atoms with Crippen LogP contribution in [0.3, 0.4) is 0 Å². The Balaban J connectivity index is 2.19. The van der Waals surface area contributed by atoms with Crippen LogP contribution in [0.1, 0.15) is 11.3 Å². The second kappa shape index (κ2) is 5.67. The van der Waals surface area contributed by atoms with Crippen LogP contribution in [0.25, 0.3) is 0 Å². The third kappa shape index (κ3) is 3.42. The van der Waals surface area contributed by atoms with Crippen LogP contribution < -0.4 is 5.32 Å². The Labute approximate surface area is 115 Å². The van der Waals surface area contributed by atoms with Gasteiger partial charge in [-0.25, -0.2) is 4.98 Å². The van der Waals surface area contributed by atoms with Gasteiger partial charge in [0, 0.05) is 23.3 Å². The quantitative estimate of drug-likeness (QED) is 0.685. The number of benzene rings is 1. The van der Waals surface area contributed by atoms with Gasteiger partial charge >= 0.3 is 5.69 Å². The molecule has 1 heterocycles. The lowest BCUT2D eigenvalue weighted by atomic mass is 10.2. The van der Waals surface area contributed by atoms with Gasteiger partial charge in [-0.05, 0) is 30.7 Å². The molecule has 2 aromatic rings. The molecule has 0 bridgehead atoms. The largest absolute Gasteiger partial charge is 0.360 e. The van der Waals surface area contributed by atoms with E-state index in [9.17, 15) is 10.1 Å². The van der Waals surface area contributed by atoms with Crippen LogP contribution in [0, 0.1) is 17.0 Å². The van der Waals surface area contributed by atoms with Crippen LogP contribution in [-0.4, -0.2) is 9.91 Å². The van der Waals surface area contributed by atoms with Crippen molar-refractivity contribution >= 4 is 23.1 Å². The van der Waals surface area contributed by atoms with Crippen molar-refractivity contribution in [1.82, 2.24) is 4.98 Å². The van der Waals surface area contributed by atoms with Crippen molar-refractivity contribution in [2.24, 2.45) is 0 Å². The highest BCUT2D eigenvalue weighted by Crippen LogP contribution is 2.22. The van der Waals surface area contributed by atoms with E-state index >= 15 is 0 Å². The van der Waals surface area contributed by atoms with Gasteiger partial charge in [-0.2, -0.15) is 0 Å². The Morgan fingerprint density at radius 1 is 1.37 bits per heavy atom. The molecule has 19 heavy (non-hydrogen) atoms. The normalized spacial score (nSPS) is 10.2. The van der Waals surface area contributed by atoms with Gasteiger partial charge in [0.2, 0.25) is 5.82 Å². The van der Waals surface area contributed by atoms with Gasteiger partial charge in [0.25, 0.3) is 0 Å². The predicted molar refractivity (Wildman–Crippen MR) is 74.4 cm³/mol. The molecular formula is C13H12ClN3O2. The van der Waals surface area contributed by atoms with Crippen molar-refractivity contribution in [3.63, 3.8) is 0 Å². The van der Waals surface area contributed by atoms with E-state index in [1.165, 1.54) is 6.07 Å². The standard InChI is InChI=1S/C13H12ClN3O2/c1-9-5-6-12(17(18)19)13(16-9)15-8-10-3-2-4-11(14)7-10/h2-7H,8H2,1H3,(H,15,16). The van der Waals surface area contributed by atoms with Gasteiger partial charge < -0.3 is 5.32 Å². The number of hydrogen-bond acceptors (Lipinski definition) is 4. The highest BCUT2D eigenvalue weighted by molar-refractivity contribution is 6.30. The topological polar surface area (TPSA) is 68.1 Å². The monoisotopic (exact) mass is 277 g/mol. The van der Waals surface area contributed by atoms with Crippen molar-refractivity contribution in [3.8, 4) is 0 Å². The number of aryl methyl sites for hydroxylation is 1. The number of halogens is 1. The average molecular weight is 278 g/mol. The second-order valence-corrected chi connectivity index (χ2v) is 4.50. The fourth-order valence-electron chi connectivity index (χ4n) is 1.66. The molecule has 0 aliphatic rings. The Morgan fingerprint density at radius 3 is 2.84 bits per heavy atom. The fraction of sp³-hybridized carbons (Fsp3) is 0.154. The number of anilines is 1. The summed E-state index contributed by atoms with van der Waals surface area (Å²) in [6.07, 6.45) is 0. The molecule has 5 nitrogen and oxygen atoms in total. The molecule has 0 spiro atoms. The summed E-state index contributed by atoms with van der Waals surface area (Å²) < 4.78 is 0. The summed E-state index contributed by atoms with van der Waals surface area (Å²) >= 11 is 5.88. The van der Waals surface area contributed by atoms with Crippen molar-refractivity contribution in [2.45, 2.75) is 13.5 Å². The smallest absolute Gasteiger partial charge is 0.311 e. The highest BCUT2D eigenvalue weighted by atomic mass is 35.5. The number of nitrogens with one attached hydrogen (secondary N) is 1. The first-order valence-corrected chi connectivity index (χ1v) is 6.04. The van der Waals surface area contributed by atoms with Gasteiger partial charge in [-0.1, -0.05) is 23.7 Å². The Kier molecular flexibility index (Phi) is 3.97. The van der Waals surface area contributed by atoms with Crippen LogP contribution in [0.5, 0.6) is 0 Å². The molecule has 98 valence electrons. The van der Waals surface area contributed by atoms with E-state index in [1.54, 1.807) is 25.1 Å². The van der Waals surface area contributed by atoms with Crippen LogP contribution in [0.2, 0.25) is 5.02 Å². The van der Waals surface area contributed by atoms with E-state index in [0.717, 1.165) is 11.3 Å². The van der Waals surface area contributed by atoms with E-state index in [1.807, 2.05) is 12.1 Å². The lowest BCUT2D eigenvalue weighted by Crippen LogP contribution is -2.05. The zero-order chi connectivity index (χ0) is 13.8. The molecule has 1 aromatic heterocycles. The molecule has 0 aliphatic carbocycles. The molecule has 0 fully saturated rings. The molecule has 0 amide bonds. The SMILES string of the molecule is Cc1ccc([N+](=O)[O-])c(NCc2cccc(Cl)c2)n1. The zero-order valence-electron chi connectivity index (χ0n) is 10.3. The fourth-order valence-corrected chi connectivity index (χ4v) is 1.87. The van der Waals surface area contributed by atoms with Crippen LogP contribution in [0.4, 0.5) is 11.5 Å². The van der Waals surface area contributed by atoms with Crippen molar-refractivity contribution in [3.05, 3.63) is 62.8 Å². The van der Waals surface area contributed by atoms with Crippen LogP contribution in [-0.2, 0) is 6.54 Å². The molecule has 0 saturated heterocycles. The summed E-state index contributed by atoms with van der Waals surface area (Å²) in [5, 5.41) is 14.5. The minimum absolute atomic E-state index is 0.0346. The third-order valence-corrected chi connectivity index (χ3v) is 2.79. The summed E-state index contributed by atoms with van der Waals surface area (Å²) in [7, 11) is 0. The molecule has 1 aromatic carbocycles. The van der Waals surface area contributed by atoms with Gasteiger partial charge in [0.15, 0.2) is 0 Å². The van der Waals surface area contributed by atoms with Gasteiger partial charge in [0.1, 0.15) is 0 Å². The number of pyridine rings is 1. The molecule has 0 saturated carbocycles. The molecule has 0 aliphatic heterocycles. The first kappa shape index (κ1) is 13.3. The molecule has 6 heteroatoms. The second-order valence-electron chi connectivity index (χ2n) is 4.06. The maximum Gasteiger partial charge on any atom is 0.311 e. The van der Waals surface area contributed by atoms with E-state index < -0.39 is 4.92 Å². The predicted octanol–water partition coefficient (Wildman–Crippen LogP) is 3.56. The molecule has 0 unspecified atom stereocenters. The number of hydrogen-bond donors (Lipinski definition) is 1. The summed E-state index contributed by atoms with van der Waals surface area (Å²) in [6.45, 7) is 2.21. The molecule has 0 atom stereocenters. The summed E-state index contributed by atoms with van der Waals surface area (Å²) in [4.78, 5) is 14.6. The third-order valence-electron chi connectivity index (χ3n) is 2.56. The van der Waals surface area contributed by atoms with Crippen molar-refractivity contribution in [1.29, 1.82) is 0 Å². The van der Waals surface area contributed by atoms with Gasteiger partial charge in [-0.15, -0.1) is 0 Å². The maximum absolute atomic E-state index is 10.9. The van der Waals surface area contributed by atoms with Crippen LogP contribution >= 0.6 is 11.6 Å². The summed E-state index contributed by atoms with van der Waals surface area (Å²) in [6, 6.07) is 10.4. The van der Waals surface area contributed by atoms with E-state index in [0.29, 0.717) is 11.6 Å². The Bertz CT molecular complexity index is 617. The first-order chi connectivity index (χ1) is 9.06. The Hall–Kier alpha value is -2.14. The number of nitrogens with zero attached hydrogens (tertiary/aromatic N) is 2. The number of nitro groups is 1. The van der Waals surface area contributed by atoms with E-state index in [-0.39, 0.29) is 11.5 Å². The highest BCUT2D eigenvalue weighted by Gasteiger charge is 2.14. The lowest BCUT2D eigenvalue weighted by Gasteiger charge is -2.07. The molecule has 0 radical (unpaired) electrons. The molecule has 2 rings (SSSR count). The minimum Gasteiger partial charge on any atom is -0.360 e. The van der Waals surface area contributed by atoms with E-state index in [2.05, 4.69) is 10.3 Å². The minimum atomic E-state index is -0.452. The first-order valence-electron chi connectivity index (χ1n) is 5.66. The van der Waals surface area contributed by atoms with Gasteiger partial charge in [0.05, 0.1) is 4.92 Å². The summed E-state index contributed by atoms with van der Waals surface area (Å²) in [5.74, 6) is 0.268. The van der Waals surface area contributed by atoms with E-state index in [4.69, 9.17) is 11.6 Å². The molecule has 1 N–H and O–H groups in total. The number of aromatic nitrogens is 1. The van der Waals surface area contributed by atoms with Crippen LogP contribution in [0.15, 0.2) is 36.4 Å². The zero-order valence-corrected chi connectivity index (χ0v) is 11.0. The molecular weight excluding hydrogens is 266 g/mol. The maximum atomic E-state index is 10.9. The average Bonchev–Trinajstić information content (AvgIpc) is 2.36. The van der Waals surface area contributed by atoms with Gasteiger partial charge in [-0.3, -0.25) is 10.1 Å².